The normalized spacial score (nSPS) is 17.8. The zero-order valence-corrected chi connectivity index (χ0v) is 22.2. The Balaban J connectivity index is 1.72. The second-order valence-corrected chi connectivity index (χ2v) is 10.4. The highest BCUT2D eigenvalue weighted by Gasteiger charge is 2.26. The van der Waals surface area contributed by atoms with Crippen LogP contribution in [0.15, 0.2) is 36.4 Å². The van der Waals surface area contributed by atoms with Crippen LogP contribution in [0.1, 0.15) is 56.0 Å². The van der Waals surface area contributed by atoms with Crippen molar-refractivity contribution in [1.29, 1.82) is 0 Å². The highest BCUT2D eigenvalue weighted by molar-refractivity contribution is 6.34. The average molecular weight is 515 g/mol. The maximum atomic E-state index is 14.3. The summed E-state index contributed by atoms with van der Waals surface area (Å²) in [6, 6.07) is 10.4. The topological polar surface area (TPSA) is 47.1 Å². The number of carbonyl (C=O) groups is 2. The molecule has 0 aromatic heterocycles. The molecule has 2 aliphatic rings. The van der Waals surface area contributed by atoms with E-state index in [2.05, 4.69) is 23.6 Å². The van der Waals surface area contributed by atoms with Crippen LogP contribution in [0.3, 0.4) is 0 Å². The molecule has 0 unspecified atom stereocenters. The van der Waals surface area contributed by atoms with Gasteiger partial charge in [-0.3, -0.25) is 14.5 Å². The zero-order valence-electron chi connectivity index (χ0n) is 21.5. The predicted molar refractivity (Wildman–Crippen MR) is 143 cm³/mol. The second kappa shape index (κ2) is 11.6. The number of hydrogen-bond donors (Lipinski definition) is 0. The second-order valence-electron chi connectivity index (χ2n) is 10.0. The van der Waals surface area contributed by atoms with E-state index in [1.165, 1.54) is 19.1 Å². The van der Waals surface area contributed by atoms with Crippen molar-refractivity contribution in [1.82, 2.24) is 9.80 Å². The molecule has 0 atom stereocenters. The van der Waals surface area contributed by atoms with Gasteiger partial charge in [-0.05, 0) is 69.0 Å². The fraction of sp³-hybridized carbons (Fsp3) is 0.500. The van der Waals surface area contributed by atoms with Gasteiger partial charge in [-0.2, -0.15) is 0 Å². The molecule has 2 aromatic rings. The van der Waals surface area contributed by atoms with Gasteiger partial charge in [0.1, 0.15) is 5.82 Å². The SMILES string of the molecule is CC(=O)N1CCCN(C(C)C)CCN(C(=O)c2cc(N3CCCC3)ccc2Cl)Cc2ccc(F)cc21. The van der Waals surface area contributed by atoms with E-state index in [0.717, 1.165) is 50.1 Å². The fourth-order valence-electron chi connectivity index (χ4n) is 5.16. The van der Waals surface area contributed by atoms with Crippen molar-refractivity contribution in [3.05, 3.63) is 58.4 Å². The van der Waals surface area contributed by atoms with Gasteiger partial charge in [0, 0.05) is 64.5 Å². The highest BCUT2D eigenvalue weighted by Crippen LogP contribution is 2.29. The Morgan fingerprint density at radius 2 is 1.67 bits per heavy atom. The van der Waals surface area contributed by atoms with Crippen molar-refractivity contribution >= 4 is 34.8 Å². The minimum Gasteiger partial charge on any atom is -0.372 e. The molecular weight excluding hydrogens is 479 g/mol. The number of benzene rings is 2. The van der Waals surface area contributed by atoms with Gasteiger partial charge in [-0.25, -0.2) is 4.39 Å². The first-order valence-electron chi connectivity index (χ1n) is 12.9. The average Bonchev–Trinajstić information content (AvgIpc) is 3.37. The standard InChI is InChI=1S/C28H36ClFN4O2/c1-20(2)31-13-6-14-34(21(3)35)27-17-23(30)8-7-22(27)19-33(16-15-31)28(36)25-18-24(9-10-26(25)29)32-11-4-5-12-32/h7-10,17-18,20H,4-6,11-16,19H2,1-3H3. The molecule has 1 saturated heterocycles. The van der Waals surface area contributed by atoms with Crippen LogP contribution in [0.5, 0.6) is 0 Å². The van der Waals surface area contributed by atoms with E-state index in [1.807, 2.05) is 12.1 Å². The molecule has 0 bridgehead atoms. The molecule has 1 fully saturated rings. The lowest BCUT2D eigenvalue weighted by atomic mass is 10.1. The maximum Gasteiger partial charge on any atom is 0.255 e. The van der Waals surface area contributed by atoms with Crippen LogP contribution in [0.2, 0.25) is 5.02 Å². The number of halogens is 2. The highest BCUT2D eigenvalue weighted by atomic mass is 35.5. The molecule has 0 saturated carbocycles. The number of nitrogens with zero attached hydrogens (tertiary/aromatic N) is 4. The molecule has 6 nitrogen and oxygen atoms in total. The predicted octanol–water partition coefficient (Wildman–Crippen LogP) is 5.19. The summed E-state index contributed by atoms with van der Waals surface area (Å²) in [5.41, 5.74) is 2.74. The van der Waals surface area contributed by atoms with E-state index < -0.39 is 5.82 Å². The molecular formula is C28H36ClFN4O2. The van der Waals surface area contributed by atoms with Crippen LogP contribution in [0.25, 0.3) is 0 Å². The van der Waals surface area contributed by atoms with Gasteiger partial charge in [-0.15, -0.1) is 0 Å². The summed E-state index contributed by atoms with van der Waals surface area (Å²) in [5.74, 6) is -0.706. The Labute approximate surface area is 218 Å². The van der Waals surface area contributed by atoms with E-state index >= 15 is 0 Å². The monoisotopic (exact) mass is 514 g/mol. The first kappa shape index (κ1) is 26.4. The van der Waals surface area contributed by atoms with Gasteiger partial charge in [0.15, 0.2) is 0 Å². The van der Waals surface area contributed by atoms with Gasteiger partial charge in [0.2, 0.25) is 5.91 Å². The number of amides is 2. The fourth-order valence-corrected chi connectivity index (χ4v) is 5.35. The Morgan fingerprint density at radius 3 is 2.36 bits per heavy atom. The number of fused-ring (bicyclic) bond motifs is 1. The van der Waals surface area contributed by atoms with E-state index in [0.29, 0.717) is 35.9 Å². The van der Waals surface area contributed by atoms with Crippen LogP contribution >= 0.6 is 11.6 Å². The van der Waals surface area contributed by atoms with Gasteiger partial charge in [-0.1, -0.05) is 17.7 Å². The van der Waals surface area contributed by atoms with Crippen molar-refractivity contribution in [3.8, 4) is 0 Å². The molecule has 2 heterocycles. The van der Waals surface area contributed by atoms with E-state index in [4.69, 9.17) is 11.6 Å². The quantitative estimate of drug-likeness (QED) is 0.565. The summed E-state index contributed by atoms with van der Waals surface area (Å²) in [5, 5.41) is 0.419. The summed E-state index contributed by atoms with van der Waals surface area (Å²) in [6.45, 7) is 10.4. The number of anilines is 2. The molecule has 0 N–H and O–H groups in total. The minimum absolute atomic E-state index is 0.142. The Morgan fingerprint density at radius 1 is 0.917 bits per heavy atom. The molecule has 194 valence electrons. The number of hydrogen-bond acceptors (Lipinski definition) is 4. The van der Waals surface area contributed by atoms with Crippen LogP contribution in [0.4, 0.5) is 15.8 Å². The smallest absolute Gasteiger partial charge is 0.255 e. The summed E-state index contributed by atoms with van der Waals surface area (Å²) in [7, 11) is 0. The third-order valence-corrected chi connectivity index (χ3v) is 7.56. The molecule has 2 amide bonds. The van der Waals surface area contributed by atoms with Gasteiger partial charge in [0.05, 0.1) is 16.3 Å². The third kappa shape index (κ3) is 6.01. The van der Waals surface area contributed by atoms with Crippen molar-refractivity contribution in [2.45, 2.75) is 52.6 Å². The maximum absolute atomic E-state index is 14.3. The number of rotatable bonds is 3. The number of carbonyl (C=O) groups excluding carboxylic acids is 2. The van der Waals surface area contributed by atoms with Crippen LogP contribution < -0.4 is 9.80 Å². The lowest BCUT2D eigenvalue weighted by molar-refractivity contribution is -0.116. The Kier molecular flexibility index (Phi) is 8.52. The van der Waals surface area contributed by atoms with Crippen LogP contribution in [-0.2, 0) is 11.3 Å². The Bertz CT molecular complexity index is 1100. The summed E-state index contributed by atoms with van der Waals surface area (Å²) >= 11 is 6.56. The van der Waals surface area contributed by atoms with Gasteiger partial charge < -0.3 is 14.7 Å². The molecule has 0 spiro atoms. The van der Waals surface area contributed by atoms with Crippen LogP contribution in [0, 0.1) is 5.82 Å². The molecule has 8 heteroatoms. The van der Waals surface area contributed by atoms with Crippen LogP contribution in [-0.4, -0.2) is 66.9 Å². The molecule has 4 rings (SSSR count). The lowest BCUT2D eigenvalue weighted by Crippen LogP contribution is -2.41. The molecule has 2 aromatic carbocycles. The largest absolute Gasteiger partial charge is 0.372 e. The molecule has 0 radical (unpaired) electrons. The molecule has 36 heavy (non-hydrogen) atoms. The third-order valence-electron chi connectivity index (χ3n) is 7.23. The summed E-state index contributed by atoms with van der Waals surface area (Å²) < 4.78 is 14.3. The lowest BCUT2D eigenvalue weighted by Gasteiger charge is -2.30. The molecule has 0 aliphatic carbocycles. The van der Waals surface area contributed by atoms with Crippen molar-refractivity contribution < 1.29 is 14.0 Å². The summed E-state index contributed by atoms with van der Waals surface area (Å²) in [4.78, 5) is 34.5. The molecule has 2 aliphatic heterocycles. The van der Waals surface area contributed by atoms with Gasteiger partial charge >= 0.3 is 0 Å². The first-order chi connectivity index (χ1) is 17.2. The first-order valence-corrected chi connectivity index (χ1v) is 13.3. The van der Waals surface area contributed by atoms with Crippen molar-refractivity contribution in [2.24, 2.45) is 0 Å². The zero-order chi connectivity index (χ0) is 25.8. The summed E-state index contributed by atoms with van der Waals surface area (Å²) in [6.07, 6.45) is 3.04. The Hall–Kier alpha value is -2.64. The van der Waals surface area contributed by atoms with Crippen molar-refractivity contribution in [3.63, 3.8) is 0 Å². The van der Waals surface area contributed by atoms with Gasteiger partial charge in [0.25, 0.3) is 5.91 Å². The van der Waals surface area contributed by atoms with E-state index in [1.54, 1.807) is 21.9 Å². The minimum atomic E-state index is -0.405. The van der Waals surface area contributed by atoms with E-state index in [9.17, 15) is 14.0 Å². The van der Waals surface area contributed by atoms with E-state index in [-0.39, 0.29) is 24.4 Å². The van der Waals surface area contributed by atoms with Crippen molar-refractivity contribution in [2.75, 3.05) is 49.1 Å².